The summed E-state index contributed by atoms with van der Waals surface area (Å²) < 4.78 is 16.5. The fraction of sp³-hybridized carbons (Fsp3) is 0.500. The van der Waals surface area contributed by atoms with Crippen LogP contribution in [-0.2, 0) is 20.7 Å². The Bertz CT molecular complexity index is 913. The van der Waals surface area contributed by atoms with Crippen molar-refractivity contribution in [3.63, 3.8) is 0 Å². The first-order chi connectivity index (χ1) is 15.4. The van der Waals surface area contributed by atoms with E-state index in [1.165, 1.54) is 12.0 Å². The fourth-order valence-electron chi connectivity index (χ4n) is 3.95. The van der Waals surface area contributed by atoms with Crippen LogP contribution >= 0.6 is 11.3 Å². The predicted molar refractivity (Wildman–Crippen MR) is 124 cm³/mol. The van der Waals surface area contributed by atoms with Gasteiger partial charge >= 0.3 is 0 Å². The Labute approximate surface area is 193 Å². The lowest BCUT2D eigenvalue weighted by Crippen LogP contribution is -2.49. The number of thiophene rings is 1. The van der Waals surface area contributed by atoms with Crippen LogP contribution in [0.4, 0.5) is 0 Å². The Morgan fingerprint density at radius 2 is 1.94 bits per heavy atom. The first-order valence-corrected chi connectivity index (χ1v) is 11.7. The molecule has 1 aromatic carbocycles. The van der Waals surface area contributed by atoms with E-state index < -0.39 is 0 Å². The summed E-state index contributed by atoms with van der Waals surface area (Å²) in [5.74, 6) is 1.28. The topological polar surface area (TPSA) is 68.3 Å². The number of ether oxygens (including phenoxy) is 3. The first-order valence-electron chi connectivity index (χ1n) is 10.8. The summed E-state index contributed by atoms with van der Waals surface area (Å²) in [4.78, 5) is 30.6. The van der Waals surface area contributed by atoms with Crippen molar-refractivity contribution in [3.8, 4) is 11.5 Å². The standard InChI is InChI=1S/C24H32N2O5S/c1-17(2)13-25(24(28)16-29-3)14-23(27)26-11-9-22-18(10-12-32-22)19(26)15-31-21-8-6-5-7-20(21)30-4/h5-8,10,12,17,19H,9,11,13-16H2,1-4H3/t19-/m0/s1. The van der Waals surface area contributed by atoms with E-state index in [1.807, 2.05) is 43.0 Å². The van der Waals surface area contributed by atoms with Crippen LogP contribution < -0.4 is 9.47 Å². The minimum Gasteiger partial charge on any atom is -0.493 e. The third-order valence-corrected chi connectivity index (χ3v) is 6.41. The van der Waals surface area contributed by atoms with E-state index >= 15 is 0 Å². The third kappa shape index (κ3) is 5.81. The summed E-state index contributed by atoms with van der Waals surface area (Å²) in [6, 6.07) is 9.33. The molecule has 8 heteroatoms. The molecule has 2 aromatic rings. The molecule has 0 saturated carbocycles. The second-order valence-corrected chi connectivity index (χ2v) is 9.22. The second kappa shape index (κ2) is 11.3. The van der Waals surface area contributed by atoms with Crippen LogP contribution in [0.2, 0.25) is 0 Å². The number of para-hydroxylation sites is 2. The molecule has 0 N–H and O–H groups in total. The third-order valence-electron chi connectivity index (χ3n) is 5.41. The highest BCUT2D eigenvalue weighted by Crippen LogP contribution is 2.35. The molecule has 32 heavy (non-hydrogen) atoms. The van der Waals surface area contributed by atoms with E-state index in [2.05, 4.69) is 11.4 Å². The quantitative estimate of drug-likeness (QED) is 0.544. The van der Waals surface area contributed by atoms with E-state index in [9.17, 15) is 9.59 Å². The number of amides is 2. The fourth-order valence-corrected chi connectivity index (χ4v) is 4.87. The van der Waals surface area contributed by atoms with E-state index in [0.29, 0.717) is 31.2 Å². The lowest BCUT2D eigenvalue weighted by atomic mass is 10.0. The van der Waals surface area contributed by atoms with Crippen LogP contribution in [0.5, 0.6) is 11.5 Å². The van der Waals surface area contributed by atoms with Gasteiger partial charge in [0.1, 0.15) is 13.2 Å². The van der Waals surface area contributed by atoms with Gasteiger partial charge in [-0.1, -0.05) is 26.0 Å². The molecule has 0 radical (unpaired) electrons. The van der Waals surface area contributed by atoms with Crippen LogP contribution in [0.15, 0.2) is 35.7 Å². The molecule has 2 amide bonds. The molecule has 0 aliphatic carbocycles. The molecule has 0 spiro atoms. The van der Waals surface area contributed by atoms with Crippen molar-refractivity contribution in [1.29, 1.82) is 0 Å². The highest BCUT2D eigenvalue weighted by Gasteiger charge is 2.33. The summed E-state index contributed by atoms with van der Waals surface area (Å²) in [5.41, 5.74) is 1.11. The molecule has 2 heterocycles. The predicted octanol–water partition coefficient (Wildman–Crippen LogP) is 3.39. The minimum atomic E-state index is -0.221. The Morgan fingerprint density at radius 3 is 2.62 bits per heavy atom. The Morgan fingerprint density at radius 1 is 1.19 bits per heavy atom. The molecule has 174 valence electrons. The highest BCUT2D eigenvalue weighted by atomic mass is 32.1. The van der Waals surface area contributed by atoms with Crippen molar-refractivity contribution in [3.05, 3.63) is 46.2 Å². The van der Waals surface area contributed by atoms with Crippen LogP contribution in [0.25, 0.3) is 0 Å². The van der Waals surface area contributed by atoms with Gasteiger partial charge in [0.15, 0.2) is 11.5 Å². The van der Waals surface area contributed by atoms with E-state index in [4.69, 9.17) is 14.2 Å². The molecule has 0 unspecified atom stereocenters. The molecule has 1 aromatic heterocycles. The summed E-state index contributed by atoms with van der Waals surface area (Å²) in [6.07, 6.45) is 0.806. The van der Waals surface area contributed by atoms with Crippen LogP contribution in [-0.4, -0.2) is 68.7 Å². The van der Waals surface area contributed by atoms with E-state index in [0.717, 1.165) is 12.0 Å². The van der Waals surface area contributed by atoms with E-state index in [-0.39, 0.29) is 36.9 Å². The lowest BCUT2D eigenvalue weighted by molar-refractivity contribution is -0.145. The van der Waals surface area contributed by atoms with Gasteiger partial charge in [-0.25, -0.2) is 0 Å². The average Bonchev–Trinajstić information content (AvgIpc) is 3.26. The molecule has 0 fully saturated rings. The van der Waals surface area contributed by atoms with Gasteiger partial charge in [0.2, 0.25) is 11.8 Å². The van der Waals surface area contributed by atoms with Gasteiger partial charge in [-0.05, 0) is 41.5 Å². The van der Waals surface area contributed by atoms with Crippen molar-refractivity contribution in [2.45, 2.75) is 26.3 Å². The zero-order valence-corrected chi connectivity index (χ0v) is 20.0. The van der Waals surface area contributed by atoms with E-state index in [1.54, 1.807) is 23.3 Å². The monoisotopic (exact) mass is 460 g/mol. The first kappa shape index (κ1) is 24.1. The SMILES string of the molecule is COCC(=O)N(CC(=O)N1CCc2sccc2[C@@H]1COc1ccccc1OC)CC(C)C. The maximum Gasteiger partial charge on any atom is 0.249 e. The summed E-state index contributed by atoms with van der Waals surface area (Å²) >= 11 is 1.71. The van der Waals surface area contributed by atoms with Crippen molar-refractivity contribution >= 4 is 23.2 Å². The van der Waals surface area contributed by atoms with Crippen molar-refractivity contribution in [2.75, 3.05) is 47.1 Å². The van der Waals surface area contributed by atoms with Gasteiger partial charge in [-0.15, -0.1) is 11.3 Å². The Balaban J connectivity index is 1.78. The molecule has 7 nitrogen and oxygen atoms in total. The van der Waals surface area contributed by atoms with Gasteiger partial charge in [0.25, 0.3) is 0 Å². The average molecular weight is 461 g/mol. The normalized spacial score (nSPS) is 15.4. The Hall–Kier alpha value is -2.58. The van der Waals surface area contributed by atoms with Gasteiger partial charge < -0.3 is 24.0 Å². The molecule has 1 aliphatic rings. The smallest absolute Gasteiger partial charge is 0.249 e. The van der Waals surface area contributed by atoms with Crippen molar-refractivity contribution in [1.82, 2.24) is 9.80 Å². The number of methoxy groups -OCH3 is 2. The summed E-state index contributed by atoms with van der Waals surface area (Å²) in [5, 5.41) is 2.06. The van der Waals surface area contributed by atoms with Gasteiger partial charge in [-0.3, -0.25) is 9.59 Å². The maximum atomic E-state index is 13.4. The molecule has 1 atom stereocenters. The molecule has 3 rings (SSSR count). The van der Waals surface area contributed by atoms with Crippen LogP contribution in [0, 0.1) is 5.92 Å². The Kier molecular flexibility index (Phi) is 8.53. The zero-order valence-electron chi connectivity index (χ0n) is 19.2. The molecule has 0 saturated heterocycles. The number of hydrogen-bond acceptors (Lipinski definition) is 6. The summed E-state index contributed by atoms with van der Waals surface area (Å²) in [7, 11) is 3.09. The molecule has 1 aliphatic heterocycles. The number of fused-ring (bicyclic) bond motifs is 1. The second-order valence-electron chi connectivity index (χ2n) is 8.22. The maximum absolute atomic E-state index is 13.4. The number of rotatable bonds is 10. The van der Waals surface area contributed by atoms with Crippen LogP contribution in [0.1, 0.15) is 30.3 Å². The number of hydrogen-bond donors (Lipinski definition) is 0. The van der Waals surface area contributed by atoms with Gasteiger partial charge in [-0.2, -0.15) is 0 Å². The highest BCUT2D eigenvalue weighted by molar-refractivity contribution is 7.10. The van der Waals surface area contributed by atoms with Gasteiger partial charge in [0.05, 0.1) is 19.7 Å². The molecular weight excluding hydrogens is 428 g/mol. The number of carbonyl (C=O) groups is 2. The lowest BCUT2D eigenvalue weighted by Gasteiger charge is -2.37. The minimum absolute atomic E-state index is 0.0327. The largest absolute Gasteiger partial charge is 0.493 e. The molecule has 0 bridgehead atoms. The number of carbonyl (C=O) groups excluding carboxylic acids is 2. The molecular formula is C24H32N2O5S. The number of nitrogens with zero attached hydrogens (tertiary/aromatic N) is 2. The van der Waals surface area contributed by atoms with Crippen molar-refractivity contribution < 1.29 is 23.8 Å². The zero-order chi connectivity index (χ0) is 23.1. The summed E-state index contributed by atoms with van der Waals surface area (Å²) in [6.45, 7) is 5.47. The number of benzene rings is 1. The van der Waals surface area contributed by atoms with Gasteiger partial charge in [0, 0.05) is 25.1 Å². The van der Waals surface area contributed by atoms with Crippen molar-refractivity contribution in [2.24, 2.45) is 5.92 Å². The van der Waals surface area contributed by atoms with Crippen LogP contribution in [0.3, 0.4) is 0 Å².